The van der Waals surface area contributed by atoms with Crippen LogP contribution in [0.3, 0.4) is 0 Å². The molecule has 7 heteroatoms. The minimum atomic E-state index is -3.90. The van der Waals surface area contributed by atoms with Crippen molar-refractivity contribution >= 4 is 44.6 Å². The molecule has 0 spiro atoms. The van der Waals surface area contributed by atoms with Crippen LogP contribution in [0.25, 0.3) is 0 Å². The summed E-state index contributed by atoms with van der Waals surface area (Å²) in [5.74, 6) is 0. The molecule has 0 saturated heterocycles. The van der Waals surface area contributed by atoms with E-state index in [1.165, 1.54) is 0 Å². The Bertz CT molecular complexity index is 350. The lowest BCUT2D eigenvalue weighted by Gasteiger charge is -1.85. The predicted molar refractivity (Wildman–Crippen MR) is 44.6 cm³/mol. The molecule has 0 fully saturated rings. The summed E-state index contributed by atoms with van der Waals surface area (Å²) < 4.78 is 21.2. The van der Waals surface area contributed by atoms with E-state index in [1.54, 1.807) is 0 Å². The summed E-state index contributed by atoms with van der Waals surface area (Å²) >= 11 is 11.7. The second kappa shape index (κ2) is 2.91. The van der Waals surface area contributed by atoms with Crippen LogP contribution in [0.2, 0.25) is 9.36 Å². The average Bonchev–Trinajstić information content (AvgIpc) is 2.11. The molecule has 0 atom stereocenters. The van der Waals surface area contributed by atoms with Crippen LogP contribution < -0.4 is 5.14 Å². The topological polar surface area (TPSA) is 57.9 Å². The first-order valence-electron chi connectivity index (χ1n) is 2.36. The summed E-state index contributed by atoms with van der Waals surface area (Å²) in [5, 5.41) is 6.82. The number of hydrogen-bond acceptors (Lipinski definition) is 3. The van der Waals surface area contributed by atoms with Crippen LogP contribution in [0, 0.1) is 0 Å². The summed E-state index contributed by atoms with van der Waals surface area (Å²) in [6, 6.07) is 1.16. The van der Waals surface area contributed by atoms with Gasteiger partial charge in [-0.1, -0.05) is 23.2 Å². The van der Waals surface area contributed by atoms with Crippen molar-refractivity contribution < 1.29 is 8.42 Å². The van der Waals surface area contributed by atoms with Gasteiger partial charge in [-0.2, -0.15) is 0 Å². The monoisotopic (exact) mass is 230 g/mol. The number of thiophene rings is 1. The molecule has 0 aliphatic rings. The highest BCUT2D eigenvalue weighted by Gasteiger charge is 2.14. The third-order valence-corrected chi connectivity index (χ3v) is 4.10. The number of halogens is 2. The van der Waals surface area contributed by atoms with Gasteiger partial charge in [0.15, 0.2) is 0 Å². The summed E-state index contributed by atoms with van der Waals surface area (Å²) in [4.78, 5) is 0. The van der Waals surface area contributed by atoms with Gasteiger partial charge in [-0.15, -0.1) is 16.5 Å². The Morgan fingerprint density at radius 3 is 2.18 bits per heavy atom. The lowest BCUT2D eigenvalue weighted by molar-refractivity contribution is 0.598. The van der Waals surface area contributed by atoms with Crippen molar-refractivity contribution in [3.63, 3.8) is 0 Å². The summed E-state index contributed by atoms with van der Waals surface area (Å²) in [7, 11) is -3.90. The van der Waals surface area contributed by atoms with E-state index < -0.39 is 10.0 Å². The molecule has 11 heavy (non-hydrogen) atoms. The summed E-state index contributed by atoms with van der Waals surface area (Å²) in [5.41, 5.74) is 0. The van der Waals surface area contributed by atoms with Gasteiger partial charge < -0.3 is 0 Å². The highest BCUT2D eigenvalue weighted by molar-refractivity contribution is 7.91. The van der Waals surface area contributed by atoms with Gasteiger partial charge in [-0.25, -0.2) is 8.42 Å². The zero-order valence-corrected chi connectivity index (χ0v) is 8.11. The fraction of sp³-hybridized carbons (Fsp3) is 0. The Hall–Kier alpha value is 0.190. The third kappa shape index (κ3) is 2.07. The van der Waals surface area contributed by atoms with E-state index in [0.29, 0.717) is 0 Å². The Morgan fingerprint density at radius 2 is 2.00 bits per heavy atom. The van der Waals surface area contributed by atoms with Crippen molar-refractivity contribution in [2.75, 3.05) is 0 Å². The molecule has 0 aliphatic heterocycles. The molecule has 1 rings (SSSR count). The largest absolute Gasteiger partial charge is 0.263 e. The fourth-order valence-corrected chi connectivity index (χ4v) is 2.73. The smallest absolute Gasteiger partial charge is 0.205 e. The van der Waals surface area contributed by atoms with Crippen molar-refractivity contribution in [2.24, 2.45) is 0 Å². The highest BCUT2D eigenvalue weighted by Crippen LogP contribution is 2.33. The van der Waals surface area contributed by atoms with Crippen LogP contribution in [-0.2, 0) is 10.0 Å². The molecule has 1 radical (unpaired) electrons. The molecule has 0 unspecified atom stereocenters. The van der Waals surface area contributed by atoms with Gasteiger partial charge in [0.25, 0.3) is 10.0 Å². The van der Waals surface area contributed by atoms with Crippen molar-refractivity contribution in [3.8, 4) is 0 Å². The second-order valence-electron chi connectivity index (χ2n) is 1.69. The molecule has 0 aliphatic carbocycles. The Kier molecular flexibility index (Phi) is 2.46. The minimum Gasteiger partial charge on any atom is -0.205 e. The molecule has 0 aromatic carbocycles. The van der Waals surface area contributed by atoms with Crippen LogP contribution in [0.1, 0.15) is 0 Å². The van der Waals surface area contributed by atoms with Gasteiger partial charge in [0.2, 0.25) is 0 Å². The molecule has 61 valence electrons. The fourth-order valence-electron chi connectivity index (χ4n) is 0.459. The molecule has 0 saturated carbocycles. The van der Waals surface area contributed by atoms with Gasteiger partial charge in [0.05, 0.1) is 5.02 Å². The molecule has 0 amide bonds. The van der Waals surface area contributed by atoms with Crippen molar-refractivity contribution in [3.05, 3.63) is 15.4 Å². The lowest BCUT2D eigenvalue weighted by Crippen LogP contribution is -1.96. The first-order chi connectivity index (χ1) is 4.91. The van der Waals surface area contributed by atoms with E-state index in [-0.39, 0.29) is 13.6 Å². The van der Waals surface area contributed by atoms with Crippen LogP contribution in [0.5, 0.6) is 0 Å². The van der Waals surface area contributed by atoms with Crippen molar-refractivity contribution in [1.29, 1.82) is 0 Å². The zero-order valence-electron chi connectivity index (χ0n) is 4.97. The first kappa shape index (κ1) is 9.28. The maximum Gasteiger partial charge on any atom is 0.263 e. The molecule has 1 aromatic rings. The Balaban J connectivity index is 3.29. The summed E-state index contributed by atoms with van der Waals surface area (Å²) in [6.07, 6.45) is 0. The molecular weight excluding hydrogens is 229 g/mol. The minimum absolute atomic E-state index is 0.132. The normalized spacial score (nSPS) is 11.9. The van der Waals surface area contributed by atoms with E-state index in [4.69, 9.17) is 28.3 Å². The quantitative estimate of drug-likeness (QED) is 0.742. The number of nitrogens with one attached hydrogen (secondary N) is 1. The van der Waals surface area contributed by atoms with Crippen LogP contribution in [-0.4, -0.2) is 8.42 Å². The zero-order chi connectivity index (χ0) is 8.65. The standard InChI is InChI=1S/C4H2Cl2NO2S2/c5-2-1-3(10-4(2)6)11(7,8)9/h1,7H. The molecule has 0 bridgehead atoms. The number of hydrogen-bond donors (Lipinski definition) is 0. The molecule has 1 N–H and O–H groups in total. The Morgan fingerprint density at radius 1 is 1.45 bits per heavy atom. The molecular formula is C4H2Cl2NO2S2. The second-order valence-corrected chi connectivity index (χ2v) is 5.46. The third-order valence-electron chi connectivity index (χ3n) is 0.887. The number of sulfonamides is 1. The van der Waals surface area contributed by atoms with Crippen LogP contribution in [0.4, 0.5) is 0 Å². The Labute approximate surface area is 77.8 Å². The van der Waals surface area contributed by atoms with Gasteiger partial charge in [0.1, 0.15) is 8.55 Å². The van der Waals surface area contributed by atoms with E-state index in [9.17, 15) is 8.42 Å². The van der Waals surface area contributed by atoms with E-state index in [1.807, 2.05) is 0 Å². The summed E-state index contributed by atoms with van der Waals surface area (Å²) in [6.45, 7) is 0. The maximum atomic E-state index is 10.6. The SMILES string of the molecule is [NH]S(=O)(=O)c1cc(Cl)c(Cl)s1. The molecule has 1 aromatic heterocycles. The lowest BCUT2D eigenvalue weighted by atomic mass is 10.7. The van der Waals surface area contributed by atoms with Crippen molar-refractivity contribution in [2.45, 2.75) is 4.21 Å². The van der Waals surface area contributed by atoms with Crippen LogP contribution >= 0.6 is 34.5 Å². The highest BCUT2D eigenvalue weighted by atomic mass is 35.5. The molecule has 1 heterocycles. The maximum absolute atomic E-state index is 10.6. The van der Waals surface area contributed by atoms with Gasteiger partial charge in [0, 0.05) is 0 Å². The van der Waals surface area contributed by atoms with Crippen molar-refractivity contribution in [1.82, 2.24) is 5.14 Å². The first-order valence-corrected chi connectivity index (χ1v) is 5.41. The van der Waals surface area contributed by atoms with E-state index >= 15 is 0 Å². The number of rotatable bonds is 1. The predicted octanol–water partition coefficient (Wildman–Crippen LogP) is 2.03. The van der Waals surface area contributed by atoms with Gasteiger partial charge in [-0.05, 0) is 6.07 Å². The van der Waals surface area contributed by atoms with E-state index in [2.05, 4.69) is 0 Å². The van der Waals surface area contributed by atoms with E-state index in [0.717, 1.165) is 17.4 Å². The average molecular weight is 231 g/mol. The van der Waals surface area contributed by atoms with Gasteiger partial charge in [-0.3, -0.25) is 0 Å². The van der Waals surface area contributed by atoms with Gasteiger partial charge >= 0.3 is 0 Å². The van der Waals surface area contributed by atoms with Crippen LogP contribution in [0.15, 0.2) is 10.3 Å². The molecule has 3 nitrogen and oxygen atoms in total.